The maximum Gasteiger partial charge on any atom is 0.335 e. The number of hydrogen-bond acceptors (Lipinski definition) is 4. The van der Waals surface area contributed by atoms with Gasteiger partial charge in [0.15, 0.2) is 0 Å². The summed E-state index contributed by atoms with van der Waals surface area (Å²) >= 11 is 0. The highest BCUT2D eigenvalue weighted by Crippen LogP contribution is 2.50. The Morgan fingerprint density at radius 2 is 1.81 bits per heavy atom. The number of carbonyl (C=O) groups is 2. The smallest absolute Gasteiger partial charge is 0.335 e. The van der Waals surface area contributed by atoms with Gasteiger partial charge in [-0.05, 0) is 55.1 Å². The number of carboxylic acids is 1. The molecule has 0 spiro atoms. The number of aromatic carboxylic acids is 1. The second-order valence-corrected chi connectivity index (χ2v) is 10.4. The van der Waals surface area contributed by atoms with E-state index < -0.39 is 15.8 Å². The molecule has 1 N–H and O–H groups in total. The quantitative estimate of drug-likeness (QED) is 0.768. The number of rotatable bonds is 7. The largest absolute Gasteiger partial charge is 0.478 e. The molecule has 1 aromatic carbocycles. The number of piperidine rings is 1. The van der Waals surface area contributed by atoms with E-state index >= 15 is 0 Å². The zero-order valence-corrected chi connectivity index (χ0v) is 16.5. The summed E-state index contributed by atoms with van der Waals surface area (Å²) in [5, 5.41) is 9.31. The lowest BCUT2D eigenvalue weighted by Crippen LogP contribution is -2.40. The number of benzene rings is 1. The number of carboxylic acid groups (broad SMARTS) is 1. The van der Waals surface area contributed by atoms with E-state index in [1.54, 1.807) is 12.1 Å². The summed E-state index contributed by atoms with van der Waals surface area (Å²) < 4.78 is 23.1. The van der Waals surface area contributed by atoms with Crippen LogP contribution in [0, 0.1) is 11.3 Å². The first-order valence-electron chi connectivity index (χ1n) is 9.44. The van der Waals surface area contributed by atoms with E-state index in [1.165, 1.54) is 6.26 Å². The minimum absolute atomic E-state index is 0.0561. The molecule has 1 aliphatic carbocycles. The lowest BCUT2D eigenvalue weighted by atomic mass is 9.88. The maximum absolute atomic E-state index is 12.6. The van der Waals surface area contributed by atoms with Crippen LogP contribution in [0.15, 0.2) is 24.3 Å². The van der Waals surface area contributed by atoms with E-state index in [4.69, 9.17) is 0 Å². The number of hydrogen-bond donors (Lipinski definition) is 1. The lowest BCUT2D eigenvalue weighted by Gasteiger charge is -2.33. The molecule has 0 bridgehead atoms. The third-order valence-corrected chi connectivity index (χ3v) is 6.91. The highest BCUT2D eigenvalue weighted by molar-refractivity contribution is 7.90. The zero-order chi connectivity index (χ0) is 19.7. The monoisotopic (exact) mass is 393 g/mol. The molecule has 0 radical (unpaired) electrons. The van der Waals surface area contributed by atoms with Crippen molar-refractivity contribution in [1.29, 1.82) is 0 Å². The third-order valence-electron chi connectivity index (χ3n) is 5.78. The van der Waals surface area contributed by atoms with Crippen LogP contribution in [0.25, 0.3) is 0 Å². The molecule has 27 heavy (non-hydrogen) atoms. The molecule has 1 saturated carbocycles. The minimum atomic E-state index is -3.07. The van der Waals surface area contributed by atoms with Gasteiger partial charge >= 0.3 is 5.97 Å². The van der Waals surface area contributed by atoms with Gasteiger partial charge in [0.05, 0.1) is 11.3 Å². The van der Waals surface area contributed by atoms with E-state index in [2.05, 4.69) is 0 Å². The van der Waals surface area contributed by atoms with Crippen LogP contribution in [0.5, 0.6) is 0 Å². The lowest BCUT2D eigenvalue weighted by molar-refractivity contribution is -0.133. The summed E-state index contributed by atoms with van der Waals surface area (Å²) in [5.41, 5.74) is 0.870. The number of likely N-dealkylation sites (tertiary alicyclic amines) is 1. The predicted octanol–water partition coefficient (Wildman–Crippen LogP) is 2.38. The molecule has 1 aromatic rings. The average Bonchev–Trinajstić information content (AvgIpc) is 3.32. The molecule has 1 aliphatic heterocycles. The van der Waals surface area contributed by atoms with Gasteiger partial charge in [-0.2, -0.15) is 0 Å². The van der Waals surface area contributed by atoms with Gasteiger partial charge in [-0.1, -0.05) is 18.2 Å². The molecule has 0 unspecified atom stereocenters. The summed E-state index contributed by atoms with van der Waals surface area (Å²) in [6.07, 6.45) is 5.59. The topological polar surface area (TPSA) is 91.8 Å². The first kappa shape index (κ1) is 19.9. The molecule has 2 aliphatic rings. The normalized spacial score (nSPS) is 19.7. The summed E-state index contributed by atoms with van der Waals surface area (Å²) in [6.45, 7) is 1.32. The van der Waals surface area contributed by atoms with Crippen molar-refractivity contribution in [2.24, 2.45) is 11.3 Å². The summed E-state index contributed by atoms with van der Waals surface area (Å²) in [7, 11) is -3.07. The van der Waals surface area contributed by atoms with Crippen LogP contribution in [0.2, 0.25) is 0 Å². The number of amides is 1. The second-order valence-electron chi connectivity index (χ2n) is 8.24. The molecule has 1 amide bonds. The van der Waals surface area contributed by atoms with Crippen molar-refractivity contribution in [3.63, 3.8) is 0 Å². The maximum atomic E-state index is 12.6. The van der Waals surface area contributed by atoms with E-state index in [1.807, 2.05) is 17.0 Å². The van der Waals surface area contributed by atoms with Gasteiger partial charge in [0, 0.05) is 25.8 Å². The van der Waals surface area contributed by atoms with Crippen LogP contribution in [0.4, 0.5) is 0 Å². The van der Waals surface area contributed by atoms with Crippen LogP contribution in [-0.2, 0) is 21.1 Å². The second kappa shape index (κ2) is 7.62. The zero-order valence-electron chi connectivity index (χ0n) is 15.7. The third kappa shape index (κ3) is 5.31. The SMILES string of the molecule is CS(=O)(=O)CC1(CC(=O)N2CCC(Cc3ccccc3C(=O)O)CC2)CC1. The molecule has 1 saturated heterocycles. The fourth-order valence-corrected chi connectivity index (χ4v) is 5.65. The van der Waals surface area contributed by atoms with Crippen LogP contribution >= 0.6 is 0 Å². The number of sulfone groups is 1. The van der Waals surface area contributed by atoms with Crippen LogP contribution in [0.3, 0.4) is 0 Å². The van der Waals surface area contributed by atoms with Gasteiger partial charge in [0.2, 0.25) is 5.91 Å². The van der Waals surface area contributed by atoms with Gasteiger partial charge in [0.25, 0.3) is 0 Å². The molecular weight excluding hydrogens is 366 g/mol. The van der Waals surface area contributed by atoms with Crippen LogP contribution in [-0.4, -0.2) is 55.4 Å². The van der Waals surface area contributed by atoms with Crippen LogP contribution < -0.4 is 0 Å². The molecule has 0 atom stereocenters. The van der Waals surface area contributed by atoms with Gasteiger partial charge in [-0.25, -0.2) is 13.2 Å². The van der Waals surface area contributed by atoms with E-state index in [9.17, 15) is 23.1 Å². The van der Waals surface area contributed by atoms with E-state index in [-0.39, 0.29) is 17.1 Å². The molecule has 3 rings (SSSR count). The van der Waals surface area contributed by atoms with Gasteiger partial charge in [0.1, 0.15) is 9.84 Å². The summed E-state index contributed by atoms with van der Waals surface area (Å²) in [6, 6.07) is 7.09. The Hall–Kier alpha value is -1.89. The van der Waals surface area contributed by atoms with Crippen molar-refractivity contribution < 1.29 is 23.1 Å². The first-order valence-corrected chi connectivity index (χ1v) is 11.5. The molecule has 0 aromatic heterocycles. The minimum Gasteiger partial charge on any atom is -0.478 e. The molecule has 1 heterocycles. The first-order chi connectivity index (χ1) is 12.7. The number of carbonyl (C=O) groups excluding carboxylic acids is 1. The van der Waals surface area contributed by atoms with Gasteiger partial charge in [-0.15, -0.1) is 0 Å². The Morgan fingerprint density at radius 3 is 2.37 bits per heavy atom. The average molecular weight is 394 g/mol. The van der Waals surface area contributed by atoms with Gasteiger partial charge < -0.3 is 10.0 Å². The van der Waals surface area contributed by atoms with Crippen molar-refractivity contribution in [2.45, 2.75) is 38.5 Å². The summed E-state index contributed by atoms with van der Waals surface area (Å²) in [5.74, 6) is -0.381. The Morgan fingerprint density at radius 1 is 1.19 bits per heavy atom. The molecular formula is C20H27NO5S. The van der Waals surface area contributed by atoms with E-state index in [0.29, 0.717) is 37.4 Å². The van der Waals surface area contributed by atoms with Crippen molar-refractivity contribution >= 4 is 21.7 Å². The van der Waals surface area contributed by atoms with Gasteiger partial charge in [-0.3, -0.25) is 4.79 Å². The van der Waals surface area contributed by atoms with Crippen molar-refractivity contribution in [3.05, 3.63) is 35.4 Å². The molecule has 2 fully saturated rings. The summed E-state index contributed by atoms with van der Waals surface area (Å²) in [4.78, 5) is 25.8. The fraction of sp³-hybridized carbons (Fsp3) is 0.600. The molecule has 6 nitrogen and oxygen atoms in total. The Bertz CT molecular complexity index is 821. The predicted molar refractivity (Wildman–Crippen MR) is 102 cm³/mol. The fourth-order valence-electron chi connectivity index (χ4n) is 4.14. The Balaban J connectivity index is 1.52. The van der Waals surface area contributed by atoms with Crippen molar-refractivity contribution in [1.82, 2.24) is 4.90 Å². The van der Waals surface area contributed by atoms with Crippen molar-refractivity contribution in [2.75, 3.05) is 25.1 Å². The van der Waals surface area contributed by atoms with E-state index in [0.717, 1.165) is 31.2 Å². The van der Waals surface area contributed by atoms with Crippen LogP contribution in [0.1, 0.15) is 48.0 Å². The Labute approximate surface area is 160 Å². The Kier molecular flexibility index (Phi) is 5.60. The van der Waals surface area contributed by atoms with Crippen molar-refractivity contribution in [3.8, 4) is 0 Å². The number of nitrogens with zero attached hydrogens (tertiary/aromatic N) is 1. The molecule has 7 heteroatoms. The highest BCUT2D eigenvalue weighted by atomic mass is 32.2. The highest BCUT2D eigenvalue weighted by Gasteiger charge is 2.47. The molecule has 148 valence electrons. The standard InChI is InChI=1S/C20H27NO5S/c1-27(25,26)14-20(8-9-20)13-18(22)21-10-6-15(7-11-21)12-16-4-2-3-5-17(16)19(23)24/h2-5,15H,6-14H2,1H3,(H,23,24).